The Bertz CT molecular complexity index is 1070. The van der Waals surface area contributed by atoms with Gasteiger partial charge in [0.05, 0.1) is 18.7 Å². The monoisotopic (exact) mass is 430 g/mol. The van der Waals surface area contributed by atoms with Gasteiger partial charge >= 0.3 is 0 Å². The van der Waals surface area contributed by atoms with Crippen LogP contribution in [0.2, 0.25) is 0 Å². The SMILES string of the molecule is C=C(C=CC)C(=CC)C(=O)N1Cc2ccccc2CC1CNC(=O)c1ccccc1OC. The summed E-state index contributed by atoms with van der Waals surface area (Å²) in [5.74, 6) is 0.214. The number of carbonyl (C=O) groups is 2. The molecule has 2 aromatic carbocycles. The quantitative estimate of drug-likeness (QED) is 0.521. The van der Waals surface area contributed by atoms with Crippen LogP contribution in [0.4, 0.5) is 0 Å². The molecule has 0 bridgehead atoms. The smallest absolute Gasteiger partial charge is 0.255 e. The number of methoxy groups -OCH3 is 1. The molecule has 1 N–H and O–H groups in total. The summed E-state index contributed by atoms with van der Waals surface area (Å²) in [6.07, 6.45) is 6.18. The van der Waals surface area contributed by atoms with E-state index in [-0.39, 0.29) is 17.9 Å². The first-order chi connectivity index (χ1) is 15.5. The maximum absolute atomic E-state index is 13.5. The van der Waals surface area contributed by atoms with Gasteiger partial charge in [0.2, 0.25) is 0 Å². The lowest BCUT2D eigenvalue weighted by Crippen LogP contribution is -2.50. The third kappa shape index (κ3) is 4.99. The van der Waals surface area contributed by atoms with Crippen LogP contribution < -0.4 is 10.1 Å². The average molecular weight is 431 g/mol. The summed E-state index contributed by atoms with van der Waals surface area (Å²) >= 11 is 0. The highest BCUT2D eigenvalue weighted by Crippen LogP contribution is 2.26. The van der Waals surface area contributed by atoms with Crippen LogP contribution in [-0.4, -0.2) is 36.4 Å². The summed E-state index contributed by atoms with van der Waals surface area (Å²) in [6.45, 7) is 8.62. The molecule has 0 spiro atoms. The van der Waals surface area contributed by atoms with E-state index in [1.165, 1.54) is 5.56 Å². The largest absolute Gasteiger partial charge is 0.496 e. The lowest BCUT2D eigenvalue weighted by molar-refractivity contribution is -0.130. The van der Waals surface area contributed by atoms with Crippen molar-refractivity contribution < 1.29 is 14.3 Å². The van der Waals surface area contributed by atoms with Gasteiger partial charge in [0.1, 0.15) is 5.75 Å². The normalized spacial score (nSPS) is 15.9. The first-order valence-corrected chi connectivity index (χ1v) is 10.8. The number of para-hydroxylation sites is 1. The predicted molar refractivity (Wildman–Crippen MR) is 128 cm³/mol. The Labute approximate surface area is 190 Å². The first-order valence-electron chi connectivity index (χ1n) is 10.8. The molecular formula is C27H30N2O3. The van der Waals surface area contributed by atoms with Crippen molar-refractivity contribution in [2.45, 2.75) is 32.9 Å². The summed E-state index contributed by atoms with van der Waals surface area (Å²) in [7, 11) is 1.54. The number of nitrogens with one attached hydrogen (secondary N) is 1. The number of carbonyl (C=O) groups excluding carboxylic acids is 2. The van der Waals surface area contributed by atoms with Crippen LogP contribution in [0.3, 0.4) is 0 Å². The number of nitrogens with zero attached hydrogens (tertiary/aromatic N) is 1. The van der Waals surface area contributed by atoms with Gasteiger partial charge in [-0.15, -0.1) is 0 Å². The summed E-state index contributed by atoms with van der Waals surface area (Å²) in [4.78, 5) is 28.2. The van der Waals surface area contributed by atoms with Crippen LogP contribution in [0.1, 0.15) is 35.3 Å². The molecule has 2 amide bonds. The molecule has 1 aliphatic rings. The van der Waals surface area contributed by atoms with Crippen LogP contribution in [-0.2, 0) is 17.8 Å². The molecule has 1 heterocycles. The summed E-state index contributed by atoms with van der Waals surface area (Å²) < 4.78 is 5.31. The molecule has 1 aliphatic heterocycles. The summed E-state index contributed by atoms with van der Waals surface area (Å²) in [6, 6.07) is 15.1. The highest BCUT2D eigenvalue weighted by Gasteiger charge is 2.31. The van der Waals surface area contributed by atoms with Crippen LogP contribution in [0.15, 0.2) is 84.5 Å². The van der Waals surface area contributed by atoms with Gasteiger partial charge in [0.15, 0.2) is 0 Å². The molecule has 3 rings (SSSR count). The van der Waals surface area contributed by atoms with Gasteiger partial charge in [-0.25, -0.2) is 0 Å². The van der Waals surface area contributed by atoms with Gasteiger partial charge in [0.25, 0.3) is 11.8 Å². The van der Waals surface area contributed by atoms with E-state index in [0.717, 1.165) is 5.56 Å². The third-order valence-corrected chi connectivity index (χ3v) is 5.70. The number of ether oxygens (including phenoxy) is 1. The van der Waals surface area contributed by atoms with Gasteiger partial charge in [0, 0.05) is 18.7 Å². The molecule has 5 heteroatoms. The lowest BCUT2D eigenvalue weighted by atomic mass is 9.92. The lowest BCUT2D eigenvalue weighted by Gasteiger charge is -2.37. The maximum Gasteiger partial charge on any atom is 0.255 e. The van der Waals surface area contributed by atoms with E-state index in [1.807, 2.05) is 49.1 Å². The molecule has 5 nitrogen and oxygen atoms in total. The fourth-order valence-electron chi connectivity index (χ4n) is 4.04. The van der Waals surface area contributed by atoms with Crippen molar-refractivity contribution in [1.82, 2.24) is 10.2 Å². The van der Waals surface area contributed by atoms with Crippen molar-refractivity contribution in [2.24, 2.45) is 0 Å². The van der Waals surface area contributed by atoms with E-state index in [2.05, 4.69) is 24.0 Å². The van der Waals surface area contributed by atoms with Gasteiger partial charge < -0.3 is 15.0 Å². The first kappa shape index (κ1) is 23.1. The molecule has 0 saturated carbocycles. The zero-order valence-electron chi connectivity index (χ0n) is 18.9. The number of hydrogen-bond acceptors (Lipinski definition) is 3. The van der Waals surface area contributed by atoms with Crippen molar-refractivity contribution in [2.75, 3.05) is 13.7 Å². The molecule has 1 atom stereocenters. The fraction of sp³-hybridized carbons (Fsp3) is 0.259. The minimum atomic E-state index is -0.224. The van der Waals surface area contributed by atoms with Crippen molar-refractivity contribution in [3.8, 4) is 5.75 Å². The standard InChI is InChI=1S/C27H30N2O3/c1-5-11-19(3)23(6-2)27(31)29-18-21-13-8-7-12-20(21)16-22(29)17-28-26(30)24-14-9-10-15-25(24)32-4/h5-15,22H,3,16-18H2,1-2,4H3,(H,28,30). The summed E-state index contributed by atoms with van der Waals surface area (Å²) in [5, 5.41) is 3.00. The Hall–Kier alpha value is -3.60. The second-order valence-electron chi connectivity index (χ2n) is 7.70. The minimum absolute atomic E-state index is 0.0818. The van der Waals surface area contributed by atoms with Gasteiger partial charge in [-0.2, -0.15) is 0 Å². The van der Waals surface area contributed by atoms with E-state index in [4.69, 9.17) is 4.74 Å². The van der Waals surface area contributed by atoms with Crippen molar-refractivity contribution >= 4 is 11.8 Å². The topological polar surface area (TPSA) is 58.6 Å². The van der Waals surface area contributed by atoms with Gasteiger partial charge in [-0.1, -0.05) is 61.2 Å². The van der Waals surface area contributed by atoms with E-state index in [0.29, 0.717) is 42.0 Å². The van der Waals surface area contributed by atoms with E-state index in [9.17, 15) is 9.59 Å². The molecule has 1 unspecified atom stereocenters. The Morgan fingerprint density at radius 1 is 1.12 bits per heavy atom. The van der Waals surface area contributed by atoms with E-state index in [1.54, 1.807) is 31.4 Å². The van der Waals surface area contributed by atoms with Crippen LogP contribution in [0.25, 0.3) is 0 Å². The Kier molecular flexibility index (Phi) is 7.66. The third-order valence-electron chi connectivity index (χ3n) is 5.70. The van der Waals surface area contributed by atoms with Gasteiger partial charge in [-0.05, 0) is 49.1 Å². The number of allylic oxidation sites excluding steroid dienone is 3. The molecule has 0 fully saturated rings. The molecule has 0 saturated heterocycles. The number of benzene rings is 2. The Morgan fingerprint density at radius 2 is 1.81 bits per heavy atom. The zero-order valence-corrected chi connectivity index (χ0v) is 18.9. The maximum atomic E-state index is 13.5. The van der Waals surface area contributed by atoms with Crippen molar-refractivity contribution in [3.05, 3.63) is 101 Å². The van der Waals surface area contributed by atoms with Crippen LogP contribution >= 0.6 is 0 Å². The molecule has 0 radical (unpaired) electrons. The van der Waals surface area contributed by atoms with Crippen molar-refractivity contribution in [3.63, 3.8) is 0 Å². The second-order valence-corrected chi connectivity index (χ2v) is 7.70. The number of amides is 2. The molecule has 2 aromatic rings. The van der Waals surface area contributed by atoms with E-state index >= 15 is 0 Å². The van der Waals surface area contributed by atoms with Gasteiger partial charge in [-0.3, -0.25) is 9.59 Å². The second kappa shape index (κ2) is 10.6. The minimum Gasteiger partial charge on any atom is -0.496 e. The zero-order chi connectivity index (χ0) is 23.1. The van der Waals surface area contributed by atoms with E-state index < -0.39 is 0 Å². The number of hydrogen-bond donors (Lipinski definition) is 1. The van der Waals surface area contributed by atoms with Crippen molar-refractivity contribution in [1.29, 1.82) is 0 Å². The van der Waals surface area contributed by atoms with Crippen LogP contribution in [0, 0.1) is 0 Å². The van der Waals surface area contributed by atoms with Crippen LogP contribution in [0.5, 0.6) is 5.75 Å². The Balaban J connectivity index is 1.85. The average Bonchev–Trinajstić information content (AvgIpc) is 2.82. The fourth-order valence-corrected chi connectivity index (χ4v) is 4.04. The molecule has 0 aliphatic carbocycles. The molecule has 32 heavy (non-hydrogen) atoms. The summed E-state index contributed by atoms with van der Waals surface area (Å²) in [5.41, 5.74) is 4.04. The number of rotatable bonds is 7. The molecule has 166 valence electrons. The number of fused-ring (bicyclic) bond motifs is 1. The highest BCUT2D eigenvalue weighted by molar-refractivity contribution is 5.99. The Morgan fingerprint density at radius 3 is 2.50 bits per heavy atom. The highest BCUT2D eigenvalue weighted by atomic mass is 16.5. The molecule has 0 aromatic heterocycles. The predicted octanol–water partition coefficient (Wildman–Crippen LogP) is 4.46. The molecular weight excluding hydrogens is 400 g/mol.